The van der Waals surface area contributed by atoms with Crippen LogP contribution in [0.25, 0.3) is 0 Å². The second-order valence-electron chi connectivity index (χ2n) is 7.00. The van der Waals surface area contributed by atoms with Crippen molar-refractivity contribution in [3.05, 3.63) is 65.7 Å². The third kappa shape index (κ3) is 5.31. The molecule has 5 nitrogen and oxygen atoms in total. The Balaban J connectivity index is 1.68. The van der Waals surface area contributed by atoms with Gasteiger partial charge in [-0.25, -0.2) is 13.1 Å². The van der Waals surface area contributed by atoms with Gasteiger partial charge >= 0.3 is 0 Å². The summed E-state index contributed by atoms with van der Waals surface area (Å²) in [6.07, 6.45) is 2.09. The fourth-order valence-electron chi connectivity index (χ4n) is 3.49. The first kappa shape index (κ1) is 19.9. The number of hydrogen-bond donors (Lipinski definition) is 1. The molecule has 0 bridgehead atoms. The van der Waals surface area contributed by atoms with Gasteiger partial charge in [-0.2, -0.15) is 0 Å². The molecule has 1 aliphatic heterocycles. The van der Waals surface area contributed by atoms with Gasteiger partial charge in [-0.15, -0.1) is 0 Å². The van der Waals surface area contributed by atoms with Crippen LogP contribution in [-0.4, -0.2) is 41.0 Å². The van der Waals surface area contributed by atoms with Crippen LogP contribution in [0.2, 0.25) is 0 Å². The van der Waals surface area contributed by atoms with Crippen molar-refractivity contribution < 1.29 is 17.9 Å². The van der Waals surface area contributed by atoms with Gasteiger partial charge in [0.1, 0.15) is 5.75 Å². The van der Waals surface area contributed by atoms with Gasteiger partial charge < -0.3 is 9.47 Å². The number of rotatable bonds is 8. The van der Waals surface area contributed by atoms with E-state index in [2.05, 4.69) is 4.72 Å². The third-order valence-corrected chi connectivity index (χ3v) is 6.61. The minimum Gasteiger partial charge on any atom is -0.497 e. The Morgan fingerprint density at radius 1 is 1.04 bits per heavy atom. The fourth-order valence-corrected chi connectivity index (χ4v) is 4.64. The van der Waals surface area contributed by atoms with Crippen LogP contribution >= 0.6 is 0 Å². The smallest absolute Gasteiger partial charge is 0.211 e. The quantitative estimate of drug-likeness (QED) is 0.754. The molecule has 0 radical (unpaired) electrons. The molecular formula is C21H27NO4S. The number of benzene rings is 2. The first-order chi connectivity index (χ1) is 13.0. The van der Waals surface area contributed by atoms with E-state index < -0.39 is 10.0 Å². The van der Waals surface area contributed by atoms with Crippen LogP contribution in [0, 0.1) is 0 Å². The number of methoxy groups -OCH3 is 1. The molecule has 0 unspecified atom stereocenters. The summed E-state index contributed by atoms with van der Waals surface area (Å²) in [7, 11) is -1.71. The van der Waals surface area contributed by atoms with Crippen molar-refractivity contribution in [1.29, 1.82) is 0 Å². The zero-order valence-corrected chi connectivity index (χ0v) is 16.5. The molecule has 0 saturated carbocycles. The first-order valence-electron chi connectivity index (χ1n) is 9.27. The number of ether oxygens (including phenoxy) is 2. The van der Waals surface area contributed by atoms with Gasteiger partial charge in [-0.1, -0.05) is 42.5 Å². The highest BCUT2D eigenvalue weighted by Crippen LogP contribution is 2.35. The van der Waals surface area contributed by atoms with Crippen LogP contribution in [0.5, 0.6) is 5.75 Å². The van der Waals surface area contributed by atoms with E-state index >= 15 is 0 Å². The fraction of sp³-hybridized carbons (Fsp3) is 0.429. The number of sulfonamides is 1. The van der Waals surface area contributed by atoms with Crippen LogP contribution < -0.4 is 9.46 Å². The van der Waals surface area contributed by atoms with Crippen molar-refractivity contribution in [2.24, 2.45) is 0 Å². The monoisotopic (exact) mass is 389 g/mol. The molecule has 1 aliphatic rings. The topological polar surface area (TPSA) is 64.6 Å². The second kappa shape index (κ2) is 8.87. The van der Waals surface area contributed by atoms with Gasteiger partial charge in [-0.3, -0.25) is 0 Å². The van der Waals surface area contributed by atoms with E-state index in [1.165, 1.54) is 0 Å². The molecule has 0 spiro atoms. The third-order valence-electron chi connectivity index (χ3n) is 5.29. The molecule has 6 heteroatoms. The Morgan fingerprint density at radius 2 is 1.70 bits per heavy atom. The standard InChI is InChI=1S/C21H27NO4S/c1-25-20-9-7-19(8-10-20)21(12-14-26-15-13-21)17-22-27(23,24)16-11-18-5-3-2-4-6-18/h2-10,22H,11-17H2,1H3. The maximum Gasteiger partial charge on any atom is 0.211 e. The summed E-state index contributed by atoms with van der Waals surface area (Å²) < 4.78 is 38.7. The Bertz CT molecular complexity index is 813. The lowest BCUT2D eigenvalue weighted by atomic mass is 9.74. The van der Waals surface area contributed by atoms with Crippen molar-refractivity contribution in [2.75, 3.05) is 32.6 Å². The van der Waals surface area contributed by atoms with Crippen LogP contribution in [0.3, 0.4) is 0 Å². The van der Waals surface area contributed by atoms with Crippen molar-refractivity contribution in [2.45, 2.75) is 24.7 Å². The van der Waals surface area contributed by atoms with Crippen molar-refractivity contribution in [1.82, 2.24) is 4.72 Å². The molecule has 2 aromatic rings. The van der Waals surface area contributed by atoms with Gasteiger partial charge in [-0.05, 0) is 42.5 Å². The largest absolute Gasteiger partial charge is 0.497 e. The van der Waals surface area contributed by atoms with Crippen LogP contribution in [0.15, 0.2) is 54.6 Å². The second-order valence-corrected chi connectivity index (χ2v) is 8.92. The predicted molar refractivity (Wildman–Crippen MR) is 107 cm³/mol. The summed E-state index contributed by atoms with van der Waals surface area (Å²) in [5.41, 5.74) is 1.90. The molecule has 27 heavy (non-hydrogen) atoms. The zero-order chi connectivity index (χ0) is 19.2. The summed E-state index contributed by atoms with van der Waals surface area (Å²) in [4.78, 5) is 0. The molecule has 0 amide bonds. The van der Waals surface area contributed by atoms with Gasteiger partial charge in [0.15, 0.2) is 0 Å². The summed E-state index contributed by atoms with van der Waals surface area (Å²) >= 11 is 0. The number of nitrogens with one attached hydrogen (secondary N) is 1. The van der Waals surface area contributed by atoms with Crippen molar-refractivity contribution >= 4 is 10.0 Å². The summed E-state index contributed by atoms with van der Waals surface area (Å²) in [5, 5.41) is 0. The van der Waals surface area contributed by atoms with E-state index in [9.17, 15) is 8.42 Å². The normalized spacial score (nSPS) is 16.8. The lowest BCUT2D eigenvalue weighted by molar-refractivity contribution is 0.0517. The highest BCUT2D eigenvalue weighted by molar-refractivity contribution is 7.89. The molecule has 1 saturated heterocycles. The minimum absolute atomic E-state index is 0.0895. The number of aryl methyl sites for hydroxylation is 1. The molecule has 3 rings (SSSR count). The van der Waals surface area contributed by atoms with E-state index in [-0.39, 0.29) is 11.2 Å². The maximum absolute atomic E-state index is 12.6. The Labute approximate surface area is 161 Å². The SMILES string of the molecule is COc1ccc(C2(CNS(=O)(=O)CCc3ccccc3)CCOCC2)cc1. The van der Waals surface area contributed by atoms with Crippen molar-refractivity contribution in [3.63, 3.8) is 0 Å². The van der Waals surface area contributed by atoms with Gasteiger partial charge in [0, 0.05) is 25.2 Å². The molecule has 0 aromatic heterocycles. The van der Waals surface area contributed by atoms with E-state index in [1.54, 1.807) is 7.11 Å². The molecule has 1 N–H and O–H groups in total. The molecule has 1 heterocycles. The molecule has 0 atom stereocenters. The molecular weight excluding hydrogens is 362 g/mol. The number of hydrogen-bond acceptors (Lipinski definition) is 4. The Morgan fingerprint density at radius 3 is 2.33 bits per heavy atom. The van der Waals surface area contributed by atoms with Gasteiger partial charge in [0.25, 0.3) is 0 Å². The highest BCUT2D eigenvalue weighted by Gasteiger charge is 2.35. The molecule has 0 aliphatic carbocycles. The highest BCUT2D eigenvalue weighted by atomic mass is 32.2. The van der Waals surface area contributed by atoms with Crippen LogP contribution in [-0.2, 0) is 26.6 Å². The van der Waals surface area contributed by atoms with Gasteiger partial charge in [0.05, 0.1) is 12.9 Å². The lowest BCUT2D eigenvalue weighted by Crippen LogP contribution is -2.45. The Hall–Kier alpha value is -1.89. The van der Waals surface area contributed by atoms with Crippen LogP contribution in [0.1, 0.15) is 24.0 Å². The molecule has 2 aromatic carbocycles. The summed E-state index contributed by atoms with van der Waals surface area (Å²) in [6, 6.07) is 17.6. The van der Waals surface area contributed by atoms with E-state index in [0.29, 0.717) is 26.2 Å². The molecule has 1 fully saturated rings. The predicted octanol–water partition coefficient (Wildman–Crippen LogP) is 2.91. The van der Waals surface area contributed by atoms with Crippen molar-refractivity contribution in [3.8, 4) is 5.75 Å². The Kier molecular flexibility index (Phi) is 6.52. The zero-order valence-electron chi connectivity index (χ0n) is 15.7. The average Bonchev–Trinajstić information content (AvgIpc) is 2.72. The van der Waals surface area contributed by atoms with E-state index in [4.69, 9.17) is 9.47 Å². The maximum atomic E-state index is 12.6. The van der Waals surface area contributed by atoms with E-state index in [1.807, 2.05) is 54.6 Å². The van der Waals surface area contributed by atoms with E-state index in [0.717, 1.165) is 29.7 Å². The minimum atomic E-state index is -3.35. The first-order valence-corrected chi connectivity index (χ1v) is 10.9. The van der Waals surface area contributed by atoms with Gasteiger partial charge in [0.2, 0.25) is 10.0 Å². The average molecular weight is 390 g/mol. The summed E-state index contributed by atoms with van der Waals surface area (Å²) in [6.45, 7) is 1.66. The molecule has 146 valence electrons. The van der Waals surface area contributed by atoms with Crippen LogP contribution in [0.4, 0.5) is 0 Å². The lowest BCUT2D eigenvalue weighted by Gasteiger charge is -2.38. The summed E-state index contributed by atoms with van der Waals surface area (Å²) in [5.74, 6) is 0.885.